The highest BCUT2D eigenvalue weighted by Gasteiger charge is 2.18. The van der Waals surface area contributed by atoms with Gasteiger partial charge >= 0.3 is 0 Å². The van der Waals surface area contributed by atoms with Crippen molar-refractivity contribution in [1.29, 1.82) is 0 Å². The molecule has 0 spiro atoms. The number of rotatable bonds is 6. The van der Waals surface area contributed by atoms with Crippen LogP contribution in [-0.4, -0.2) is 15.9 Å². The van der Waals surface area contributed by atoms with Gasteiger partial charge in [-0.05, 0) is 37.3 Å². The summed E-state index contributed by atoms with van der Waals surface area (Å²) in [5.41, 5.74) is 2.12. The first-order chi connectivity index (χ1) is 12.5. The summed E-state index contributed by atoms with van der Waals surface area (Å²) in [7, 11) is 0. The monoisotopic (exact) mass is 367 g/mol. The van der Waals surface area contributed by atoms with Crippen LogP contribution in [0.2, 0.25) is 0 Å². The number of benzene rings is 1. The van der Waals surface area contributed by atoms with Crippen molar-refractivity contribution in [3.05, 3.63) is 85.7 Å². The highest BCUT2D eigenvalue weighted by Crippen LogP contribution is 2.26. The van der Waals surface area contributed by atoms with Crippen LogP contribution >= 0.6 is 11.3 Å². The fourth-order valence-corrected chi connectivity index (χ4v) is 3.74. The second kappa shape index (κ2) is 8.10. The summed E-state index contributed by atoms with van der Waals surface area (Å²) in [5.74, 6) is 0.495. The van der Waals surface area contributed by atoms with Gasteiger partial charge in [0.1, 0.15) is 5.82 Å². The number of carbonyl (C=O) groups excluding carboxylic acids is 1. The van der Waals surface area contributed by atoms with Crippen LogP contribution in [0.25, 0.3) is 0 Å². The molecule has 3 aromatic rings. The first kappa shape index (κ1) is 18.1. The number of hydrogen-bond acceptors (Lipinski definition) is 4. The van der Waals surface area contributed by atoms with E-state index in [4.69, 9.17) is 0 Å². The number of hydrogen-bond donors (Lipinski definition) is 2. The first-order valence-electron chi connectivity index (χ1n) is 8.48. The van der Waals surface area contributed by atoms with Gasteiger partial charge in [0.2, 0.25) is 5.91 Å². The predicted octanol–water partition coefficient (Wildman–Crippen LogP) is 3.29. The largest absolute Gasteiger partial charge is 0.344 e. The Bertz CT molecular complexity index is 933. The zero-order valence-electron chi connectivity index (χ0n) is 14.8. The van der Waals surface area contributed by atoms with E-state index in [2.05, 4.69) is 15.3 Å². The molecule has 0 aliphatic rings. The van der Waals surface area contributed by atoms with Crippen LogP contribution in [-0.2, 0) is 11.2 Å². The molecule has 3 rings (SSSR count). The number of carbonyl (C=O) groups is 1. The molecule has 0 radical (unpaired) electrons. The standard InChI is InChI=1S/C20H21N3O2S/c1-13-16(20(25)22-14(2)21-13)10-11-18(24)23-19(17-9-6-12-26-17)15-7-4-3-5-8-15/h3-9,12,19H,10-11H2,1-2H3,(H,23,24)(H,21,22,25). The average molecular weight is 367 g/mol. The molecule has 0 aliphatic carbocycles. The maximum Gasteiger partial charge on any atom is 0.254 e. The number of nitrogens with zero attached hydrogens (tertiary/aromatic N) is 1. The second-order valence-corrected chi connectivity index (χ2v) is 7.12. The van der Waals surface area contributed by atoms with E-state index < -0.39 is 0 Å². The van der Waals surface area contributed by atoms with Crippen LogP contribution in [0.1, 0.15) is 40.0 Å². The highest BCUT2D eigenvalue weighted by atomic mass is 32.1. The number of thiophene rings is 1. The van der Waals surface area contributed by atoms with Crippen molar-refractivity contribution in [3.63, 3.8) is 0 Å². The van der Waals surface area contributed by atoms with E-state index in [1.165, 1.54) is 0 Å². The normalized spacial score (nSPS) is 11.9. The molecule has 0 saturated heterocycles. The molecular formula is C20H21N3O2S. The van der Waals surface area contributed by atoms with Crippen LogP contribution < -0.4 is 10.9 Å². The molecule has 2 N–H and O–H groups in total. The van der Waals surface area contributed by atoms with Crippen molar-refractivity contribution in [2.75, 3.05) is 0 Å². The number of amides is 1. The molecule has 134 valence electrons. The summed E-state index contributed by atoms with van der Waals surface area (Å²) in [4.78, 5) is 32.7. The van der Waals surface area contributed by atoms with Crippen molar-refractivity contribution >= 4 is 17.2 Å². The molecule has 1 aromatic carbocycles. The van der Waals surface area contributed by atoms with Gasteiger partial charge in [-0.25, -0.2) is 4.98 Å². The maximum atomic E-state index is 12.5. The number of aromatic nitrogens is 2. The van der Waals surface area contributed by atoms with Crippen LogP contribution in [0.3, 0.4) is 0 Å². The molecular weight excluding hydrogens is 346 g/mol. The van der Waals surface area contributed by atoms with Gasteiger partial charge in [0.25, 0.3) is 5.56 Å². The Hall–Kier alpha value is -2.73. The van der Waals surface area contributed by atoms with Crippen LogP contribution in [0.5, 0.6) is 0 Å². The summed E-state index contributed by atoms with van der Waals surface area (Å²) in [6, 6.07) is 13.7. The van der Waals surface area contributed by atoms with E-state index >= 15 is 0 Å². The van der Waals surface area contributed by atoms with Gasteiger partial charge in [-0.1, -0.05) is 36.4 Å². The van der Waals surface area contributed by atoms with Gasteiger partial charge in [-0.2, -0.15) is 0 Å². The molecule has 1 amide bonds. The minimum Gasteiger partial charge on any atom is -0.344 e. The van der Waals surface area contributed by atoms with Crippen LogP contribution in [0.4, 0.5) is 0 Å². The smallest absolute Gasteiger partial charge is 0.254 e. The quantitative estimate of drug-likeness (QED) is 0.702. The topological polar surface area (TPSA) is 74.8 Å². The van der Waals surface area contributed by atoms with E-state index in [-0.39, 0.29) is 23.9 Å². The number of H-pyrrole nitrogens is 1. The van der Waals surface area contributed by atoms with Crippen molar-refractivity contribution in [1.82, 2.24) is 15.3 Å². The number of nitrogens with one attached hydrogen (secondary N) is 2. The first-order valence-corrected chi connectivity index (χ1v) is 9.36. The summed E-state index contributed by atoms with van der Waals surface area (Å²) in [6.45, 7) is 3.55. The Morgan fingerprint density at radius 2 is 1.96 bits per heavy atom. The SMILES string of the molecule is Cc1nc(C)c(CCC(=O)NC(c2ccccc2)c2cccs2)c(=O)[nH]1. The molecule has 6 heteroatoms. The van der Waals surface area contributed by atoms with E-state index in [9.17, 15) is 9.59 Å². The lowest BCUT2D eigenvalue weighted by atomic mass is 10.0. The van der Waals surface area contributed by atoms with Gasteiger partial charge in [0, 0.05) is 22.6 Å². The van der Waals surface area contributed by atoms with E-state index in [0.29, 0.717) is 23.5 Å². The molecule has 1 unspecified atom stereocenters. The van der Waals surface area contributed by atoms with Crippen molar-refractivity contribution < 1.29 is 4.79 Å². The fourth-order valence-electron chi connectivity index (χ4n) is 2.94. The zero-order valence-corrected chi connectivity index (χ0v) is 15.6. The minimum absolute atomic E-state index is 0.0911. The lowest BCUT2D eigenvalue weighted by molar-refractivity contribution is -0.121. The molecule has 0 bridgehead atoms. The zero-order chi connectivity index (χ0) is 18.5. The second-order valence-electron chi connectivity index (χ2n) is 6.14. The molecule has 2 heterocycles. The molecule has 5 nitrogen and oxygen atoms in total. The van der Waals surface area contributed by atoms with Gasteiger partial charge in [0.05, 0.1) is 6.04 Å². The lowest BCUT2D eigenvalue weighted by Gasteiger charge is -2.18. The summed E-state index contributed by atoms with van der Waals surface area (Å²) in [5, 5.41) is 5.09. The van der Waals surface area contributed by atoms with E-state index in [0.717, 1.165) is 10.4 Å². The lowest BCUT2D eigenvalue weighted by Crippen LogP contribution is -2.29. The Balaban J connectivity index is 1.72. The number of aryl methyl sites for hydroxylation is 2. The summed E-state index contributed by atoms with van der Waals surface area (Å²) in [6.07, 6.45) is 0.607. The molecule has 0 fully saturated rings. The van der Waals surface area contributed by atoms with Gasteiger partial charge in [-0.3, -0.25) is 9.59 Å². The third-order valence-corrected chi connectivity index (χ3v) is 5.15. The average Bonchev–Trinajstić information content (AvgIpc) is 3.14. The molecule has 26 heavy (non-hydrogen) atoms. The van der Waals surface area contributed by atoms with Gasteiger partial charge in [-0.15, -0.1) is 11.3 Å². The van der Waals surface area contributed by atoms with Crippen molar-refractivity contribution in [2.24, 2.45) is 0 Å². The Morgan fingerprint density at radius 1 is 1.19 bits per heavy atom. The summed E-state index contributed by atoms with van der Waals surface area (Å²) < 4.78 is 0. The van der Waals surface area contributed by atoms with Crippen LogP contribution in [0, 0.1) is 13.8 Å². The predicted molar refractivity (Wildman–Crippen MR) is 103 cm³/mol. The Kier molecular flexibility index (Phi) is 5.63. The van der Waals surface area contributed by atoms with Gasteiger partial charge in [0.15, 0.2) is 0 Å². The van der Waals surface area contributed by atoms with Crippen molar-refractivity contribution in [2.45, 2.75) is 32.7 Å². The number of aromatic amines is 1. The third-order valence-electron chi connectivity index (χ3n) is 4.21. The Labute approximate surface area is 156 Å². The Morgan fingerprint density at radius 3 is 2.62 bits per heavy atom. The van der Waals surface area contributed by atoms with Gasteiger partial charge < -0.3 is 10.3 Å². The summed E-state index contributed by atoms with van der Waals surface area (Å²) >= 11 is 1.61. The minimum atomic E-state index is -0.181. The fraction of sp³-hybridized carbons (Fsp3) is 0.250. The molecule has 1 atom stereocenters. The van der Waals surface area contributed by atoms with E-state index in [1.54, 1.807) is 25.2 Å². The molecule has 2 aromatic heterocycles. The van der Waals surface area contributed by atoms with E-state index in [1.807, 2.05) is 47.8 Å². The highest BCUT2D eigenvalue weighted by molar-refractivity contribution is 7.10. The molecule has 0 aliphatic heterocycles. The molecule has 0 saturated carbocycles. The third kappa shape index (κ3) is 4.26. The van der Waals surface area contributed by atoms with Crippen LogP contribution in [0.15, 0.2) is 52.6 Å². The van der Waals surface area contributed by atoms with Crippen molar-refractivity contribution in [3.8, 4) is 0 Å². The maximum absolute atomic E-state index is 12.5.